The highest BCUT2D eigenvalue weighted by atomic mass is 16.6. The number of benzene rings is 2. The van der Waals surface area contributed by atoms with E-state index >= 15 is 0 Å². The highest BCUT2D eigenvalue weighted by Gasteiger charge is 2.17. The van der Waals surface area contributed by atoms with Gasteiger partial charge < -0.3 is 10.5 Å². The van der Waals surface area contributed by atoms with Gasteiger partial charge in [-0.15, -0.1) is 0 Å². The van der Waals surface area contributed by atoms with Gasteiger partial charge in [0.05, 0.1) is 23.0 Å². The molecule has 0 radical (unpaired) electrons. The zero-order valence-corrected chi connectivity index (χ0v) is 13.4. The zero-order valence-electron chi connectivity index (χ0n) is 13.4. The second-order valence-corrected chi connectivity index (χ2v) is 6.12. The second-order valence-electron chi connectivity index (χ2n) is 6.12. The summed E-state index contributed by atoms with van der Waals surface area (Å²) < 4.78 is 5.20. The molecule has 5 heteroatoms. The van der Waals surface area contributed by atoms with Gasteiger partial charge in [-0.1, -0.05) is 18.2 Å². The number of nitrogens with two attached hydrogens (primary N) is 1. The van der Waals surface area contributed by atoms with Crippen molar-refractivity contribution in [2.45, 2.75) is 26.4 Å². The van der Waals surface area contributed by atoms with Crippen LogP contribution in [0.1, 0.15) is 26.3 Å². The molecule has 2 rings (SSSR count). The zero-order chi connectivity index (χ0) is 17.0. The number of carbonyl (C=O) groups is 1. The van der Waals surface area contributed by atoms with Gasteiger partial charge in [0.2, 0.25) is 0 Å². The molecule has 0 aliphatic heterocycles. The van der Waals surface area contributed by atoms with Crippen LogP contribution in [0.25, 0.3) is 11.1 Å². The standard InChI is InChI=1S/C18H19N3O2/c1-18(2,3)23-17(22)21-16-9-8-14(10-15(16)20)13-6-4-12(11-19)5-7-13/h4-10H,20H2,1-3H3,(H,21,22). The van der Waals surface area contributed by atoms with Crippen molar-refractivity contribution >= 4 is 17.5 Å². The Balaban J connectivity index is 2.17. The van der Waals surface area contributed by atoms with E-state index < -0.39 is 11.7 Å². The first-order chi connectivity index (χ1) is 10.8. The number of hydrogen-bond donors (Lipinski definition) is 2. The maximum atomic E-state index is 11.8. The van der Waals surface area contributed by atoms with Gasteiger partial charge in [-0.3, -0.25) is 5.32 Å². The highest BCUT2D eigenvalue weighted by Crippen LogP contribution is 2.27. The van der Waals surface area contributed by atoms with Crippen LogP contribution >= 0.6 is 0 Å². The Kier molecular flexibility index (Phi) is 4.56. The Morgan fingerprint density at radius 2 is 1.74 bits per heavy atom. The molecule has 0 aromatic heterocycles. The summed E-state index contributed by atoms with van der Waals surface area (Å²) in [5.74, 6) is 0. The number of anilines is 2. The van der Waals surface area contributed by atoms with Crippen molar-refractivity contribution in [2.75, 3.05) is 11.1 Å². The molecular formula is C18H19N3O2. The summed E-state index contributed by atoms with van der Waals surface area (Å²) in [5.41, 5.74) is 8.83. The van der Waals surface area contributed by atoms with Crippen LogP contribution in [0.2, 0.25) is 0 Å². The number of nitrogens with one attached hydrogen (secondary N) is 1. The average molecular weight is 309 g/mol. The molecule has 2 aromatic carbocycles. The number of nitrogen functional groups attached to an aromatic ring is 1. The Morgan fingerprint density at radius 3 is 2.26 bits per heavy atom. The summed E-state index contributed by atoms with van der Waals surface area (Å²) in [4.78, 5) is 11.8. The molecule has 0 bridgehead atoms. The van der Waals surface area contributed by atoms with E-state index in [1.807, 2.05) is 18.2 Å². The number of amides is 1. The fourth-order valence-electron chi connectivity index (χ4n) is 2.01. The van der Waals surface area contributed by atoms with Crippen molar-refractivity contribution < 1.29 is 9.53 Å². The molecule has 23 heavy (non-hydrogen) atoms. The lowest BCUT2D eigenvalue weighted by molar-refractivity contribution is 0.0636. The summed E-state index contributed by atoms with van der Waals surface area (Å²) in [5, 5.41) is 11.5. The molecule has 0 fully saturated rings. The lowest BCUT2D eigenvalue weighted by Crippen LogP contribution is -2.27. The van der Waals surface area contributed by atoms with Gasteiger partial charge in [-0.25, -0.2) is 4.79 Å². The lowest BCUT2D eigenvalue weighted by atomic mass is 10.0. The first kappa shape index (κ1) is 16.4. The van der Waals surface area contributed by atoms with Crippen LogP contribution in [0, 0.1) is 11.3 Å². The van der Waals surface area contributed by atoms with Gasteiger partial charge in [0.1, 0.15) is 5.60 Å². The van der Waals surface area contributed by atoms with Crippen LogP contribution in [0.4, 0.5) is 16.2 Å². The van der Waals surface area contributed by atoms with Gasteiger partial charge in [-0.05, 0) is 56.2 Å². The molecule has 118 valence electrons. The monoisotopic (exact) mass is 309 g/mol. The molecule has 0 saturated heterocycles. The van der Waals surface area contributed by atoms with E-state index in [-0.39, 0.29) is 0 Å². The van der Waals surface area contributed by atoms with Gasteiger partial charge >= 0.3 is 6.09 Å². The number of ether oxygens (including phenoxy) is 1. The summed E-state index contributed by atoms with van der Waals surface area (Å²) in [7, 11) is 0. The third-order valence-corrected chi connectivity index (χ3v) is 3.03. The van der Waals surface area contributed by atoms with E-state index in [2.05, 4.69) is 11.4 Å². The third-order valence-electron chi connectivity index (χ3n) is 3.03. The number of nitrogens with zero attached hydrogens (tertiary/aromatic N) is 1. The Hall–Kier alpha value is -3.00. The molecule has 0 spiro atoms. The largest absolute Gasteiger partial charge is 0.444 e. The minimum atomic E-state index is -0.568. The normalized spacial score (nSPS) is 10.7. The van der Waals surface area contributed by atoms with Gasteiger partial charge in [0.25, 0.3) is 0 Å². The fraction of sp³-hybridized carbons (Fsp3) is 0.222. The summed E-state index contributed by atoms with van der Waals surface area (Å²) >= 11 is 0. The van der Waals surface area contributed by atoms with Gasteiger partial charge in [-0.2, -0.15) is 5.26 Å². The molecule has 5 nitrogen and oxygen atoms in total. The molecule has 0 aliphatic rings. The van der Waals surface area contributed by atoms with Crippen molar-refractivity contribution in [3.8, 4) is 17.2 Å². The Bertz CT molecular complexity index is 753. The van der Waals surface area contributed by atoms with Crippen LogP contribution in [0.15, 0.2) is 42.5 Å². The highest BCUT2D eigenvalue weighted by molar-refractivity contribution is 5.90. The smallest absolute Gasteiger partial charge is 0.412 e. The second kappa shape index (κ2) is 6.41. The van der Waals surface area contributed by atoms with E-state index in [1.54, 1.807) is 45.0 Å². The number of nitriles is 1. The fourth-order valence-corrected chi connectivity index (χ4v) is 2.01. The number of rotatable bonds is 2. The van der Waals surface area contributed by atoms with Crippen molar-refractivity contribution in [3.63, 3.8) is 0 Å². The molecule has 0 heterocycles. The molecule has 0 aliphatic carbocycles. The molecule has 0 unspecified atom stereocenters. The predicted molar refractivity (Wildman–Crippen MR) is 90.9 cm³/mol. The average Bonchev–Trinajstić information content (AvgIpc) is 2.47. The first-order valence-corrected chi connectivity index (χ1v) is 7.18. The maximum absolute atomic E-state index is 11.8. The summed E-state index contributed by atoms with van der Waals surface area (Å²) in [6.45, 7) is 5.39. The number of carbonyl (C=O) groups excluding carboxylic acids is 1. The van der Waals surface area contributed by atoms with Crippen LogP contribution in [0.3, 0.4) is 0 Å². The Labute approximate surface area is 135 Å². The SMILES string of the molecule is CC(C)(C)OC(=O)Nc1ccc(-c2ccc(C#N)cc2)cc1N. The van der Waals surface area contributed by atoms with Crippen LogP contribution in [-0.2, 0) is 4.74 Å². The molecular weight excluding hydrogens is 290 g/mol. The molecule has 1 amide bonds. The van der Waals surface area contributed by atoms with Crippen molar-refractivity contribution in [1.82, 2.24) is 0 Å². The maximum Gasteiger partial charge on any atom is 0.412 e. The van der Waals surface area contributed by atoms with Crippen LogP contribution < -0.4 is 11.1 Å². The topological polar surface area (TPSA) is 88.1 Å². The minimum absolute atomic E-state index is 0.442. The quantitative estimate of drug-likeness (QED) is 0.815. The van der Waals surface area contributed by atoms with Crippen LogP contribution in [-0.4, -0.2) is 11.7 Å². The van der Waals surface area contributed by atoms with E-state index in [0.717, 1.165) is 11.1 Å². The molecule has 3 N–H and O–H groups in total. The van der Waals surface area contributed by atoms with E-state index in [9.17, 15) is 4.79 Å². The van der Waals surface area contributed by atoms with Gasteiger partial charge in [0, 0.05) is 0 Å². The van der Waals surface area contributed by atoms with E-state index in [0.29, 0.717) is 16.9 Å². The molecule has 0 atom stereocenters. The summed E-state index contributed by atoms with van der Waals surface area (Å²) in [6.07, 6.45) is -0.546. The van der Waals surface area contributed by atoms with Crippen molar-refractivity contribution in [3.05, 3.63) is 48.0 Å². The van der Waals surface area contributed by atoms with E-state index in [4.69, 9.17) is 15.7 Å². The van der Waals surface area contributed by atoms with Crippen LogP contribution in [0.5, 0.6) is 0 Å². The van der Waals surface area contributed by atoms with E-state index in [1.165, 1.54) is 0 Å². The summed E-state index contributed by atoms with van der Waals surface area (Å²) in [6, 6.07) is 14.6. The van der Waals surface area contributed by atoms with Crippen molar-refractivity contribution in [2.24, 2.45) is 0 Å². The predicted octanol–water partition coefficient (Wildman–Crippen LogP) is 4.15. The molecule has 2 aromatic rings. The van der Waals surface area contributed by atoms with Gasteiger partial charge in [0.15, 0.2) is 0 Å². The molecule has 0 saturated carbocycles. The first-order valence-electron chi connectivity index (χ1n) is 7.18. The van der Waals surface area contributed by atoms with Crippen molar-refractivity contribution in [1.29, 1.82) is 5.26 Å². The minimum Gasteiger partial charge on any atom is -0.444 e. The third kappa shape index (κ3) is 4.48. The lowest BCUT2D eigenvalue weighted by Gasteiger charge is -2.20. The number of hydrogen-bond acceptors (Lipinski definition) is 4. The Morgan fingerprint density at radius 1 is 1.13 bits per heavy atom.